The Morgan fingerprint density at radius 2 is 2.23 bits per heavy atom. The molecule has 1 unspecified atom stereocenters. The lowest BCUT2D eigenvalue weighted by molar-refractivity contribution is -0.139. The van der Waals surface area contributed by atoms with Crippen molar-refractivity contribution in [2.45, 2.75) is 32.1 Å². The number of hydrogen-bond donors (Lipinski definition) is 1. The topological polar surface area (TPSA) is 49.7 Å². The number of carboxylic acid groups (broad SMARTS) is 1. The molecule has 1 heterocycles. The first kappa shape index (κ1) is 8.48. The smallest absolute Gasteiger partial charge is 0.312 e. The summed E-state index contributed by atoms with van der Waals surface area (Å²) in [6.45, 7) is 0. The van der Waals surface area contributed by atoms with E-state index in [2.05, 4.69) is 4.99 Å². The van der Waals surface area contributed by atoms with Crippen molar-refractivity contribution in [3.8, 4) is 0 Å². The van der Waals surface area contributed by atoms with Gasteiger partial charge in [0.2, 0.25) is 0 Å². The van der Waals surface area contributed by atoms with Gasteiger partial charge >= 0.3 is 5.97 Å². The van der Waals surface area contributed by atoms with E-state index < -0.39 is 5.97 Å². The average Bonchev–Trinajstić information content (AvgIpc) is 2.17. The summed E-state index contributed by atoms with van der Waals surface area (Å²) in [5.74, 6) is -1.13. The monoisotopic (exact) mass is 179 g/mol. The number of aliphatic carboxylic acids is 1. The van der Waals surface area contributed by atoms with Crippen LogP contribution < -0.4 is 0 Å². The predicted octanol–water partition coefficient (Wildman–Crippen LogP) is 1.99. The summed E-state index contributed by atoms with van der Waals surface area (Å²) in [7, 11) is 0. The van der Waals surface area contributed by atoms with E-state index in [0.717, 1.165) is 18.5 Å². The minimum atomic E-state index is -0.749. The third kappa shape index (κ3) is 1.64. The van der Waals surface area contributed by atoms with Crippen molar-refractivity contribution in [2.24, 2.45) is 10.9 Å². The van der Waals surface area contributed by atoms with Gasteiger partial charge in [-0.2, -0.15) is 0 Å². The van der Waals surface area contributed by atoms with Crippen molar-refractivity contribution in [3.63, 3.8) is 0 Å². The lowest BCUT2D eigenvalue weighted by Crippen LogP contribution is -2.20. The lowest BCUT2D eigenvalue weighted by atomic mass is 9.87. The fraction of sp³-hybridized carbons (Fsp3) is 0.600. The summed E-state index contributed by atoms with van der Waals surface area (Å²) < 4.78 is 0. The van der Waals surface area contributed by atoms with Crippen molar-refractivity contribution >= 4 is 12.2 Å². The van der Waals surface area contributed by atoms with Crippen LogP contribution in [-0.4, -0.2) is 17.3 Å². The Morgan fingerprint density at radius 1 is 1.46 bits per heavy atom. The molecule has 1 aliphatic heterocycles. The van der Waals surface area contributed by atoms with Crippen molar-refractivity contribution in [2.75, 3.05) is 0 Å². The molecule has 0 saturated carbocycles. The second-order valence-corrected chi connectivity index (χ2v) is 3.68. The van der Waals surface area contributed by atoms with E-state index in [9.17, 15) is 4.79 Å². The zero-order valence-electron chi connectivity index (χ0n) is 7.49. The van der Waals surface area contributed by atoms with Crippen LogP contribution in [0.3, 0.4) is 0 Å². The first-order valence-corrected chi connectivity index (χ1v) is 4.75. The predicted molar refractivity (Wildman–Crippen MR) is 49.7 cm³/mol. The van der Waals surface area contributed by atoms with Crippen LogP contribution in [0.25, 0.3) is 0 Å². The van der Waals surface area contributed by atoms with E-state index in [1.165, 1.54) is 18.4 Å². The number of hydrogen-bond acceptors (Lipinski definition) is 2. The number of aliphatic imine (C=N–C) groups is 1. The molecule has 3 heteroatoms. The summed E-state index contributed by atoms with van der Waals surface area (Å²) in [5.41, 5.74) is 2.44. The first-order chi connectivity index (χ1) is 6.27. The van der Waals surface area contributed by atoms with Crippen LogP contribution in [0.15, 0.2) is 16.3 Å². The Hall–Kier alpha value is -1.12. The van der Waals surface area contributed by atoms with Gasteiger partial charge in [-0.3, -0.25) is 9.79 Å². The molecule has 0 aromatic carbocycles. The van der Waals surface area contributed by atoms with Gasteiger partial charge in [-0.1, -0.05) is 0 Å². The Morgan fingerprint density at radius 3 is 3.00 bits per heavy atom. The van der Waals surface area contributed by atoms with Crippen LogP contribution in [0.2, 0.25) is 0 Å². The Labute approximate surface area is 77.2 Å². The molecule has 0 spiro atoms. The molecule has 2 rings (SSSR count). The van der Waals surface area contributed by atoms with E-state index in [1.54, 1.807) is 6.21 Å². The molecule has 0 aromatic rings. The maximum Gasteiger partial charge on any atom is 0.312 e. The fourth-order valence-corrected chi connectivity index (χ4v) is 1.98. The lowest BCUT2D eigenvalue weighted by Gasteiger charge is -2.22. The van der Waals surface area contributed by atoms with E-state index in [1.807, 2.05) is 0 Å². The second kappa shape index (κ2) is 3.32. The Balaban J connectivity index is 2.15. The van der Waals surface area contributed by atoms with E-state index in [-0.39, 0.29) is 5.92 Å². The van der Waals surface area contributed by atoms with Gasteiger partial charge in [0, 0.05) is 11.9 Å². The quantitative estimate of drug-likeness (QED) is 0.669. The van der Waals surface area contributed by atoms with Crippen molar-refractivity contribution in [3.05, 3.63) is 11.3 Å². The van der Waals surface area contributed by atoms with Crippen LogP contribution in [0, 0.1) is 5.92 Å². The van der Waals surface area contributed by atoms with Gasteiger partial charge in [0.05, 0.1) is 5.92 Å². The number of carboxylic acids is 1. The summed E-state index contributed by atoms with van der Waals surface area (Å²) in [5, 5.41) is 8.81. The largest absolute Gasteiger partial charge is 0.481 e. The number of rotatable bonds is 1. The van der Waals surface area contributed by atoms with Gasteiger partial charge in [0.1, 0.15) is 0 Å². The Bertz CT molecular complexity index is 291. The average molecular weight is 179 g/mol. The van der Waals surface area contributed by atoms with Crippen LogP contribution in [0.1, 0.15) is 32.1 Å². The van der Waals surface area contributed by atoms with Gasteiger partial charge in [-0.05, 0) is 37.7 Å². The molecule has 1 atom stereocenters. The van der Waals surface area contributed by atoms with Gasteiger partial charge < -0.3 is 5.11 Å². The van der Waals surface area contributed by atoms with Crippen molar-refractivity contribution in [1.82, 2.24) is 0 Å². The molecular weight excluding hydrogens is 166 g/mol. The van der Waals surface area contributed by atoms with E-state index in [0.29, 0.717) is 6.42 Å². The highest BCUT2D eigenvalue weighted by molar-refractivity contribution is 5.90. The van der Waals surface area contributed by atoms with E-state index >= 15 is 0 Å². The minimum absolute atomic E-state index is 0.378. The molecule has 0 fully saturated rings. The molecule has 1 N–H and O–H groups in total. The molecule has 70 valence electrons. The van der Waals surface area contributed by atoms with Gasteiger partial charge in [0.25, 0.3) is 0 Å². The SMILES string of the molecule is O=C(O)C1C=NC2=C(CCCC2)C1. The normalized spacial score (nSPS) is 27.2. The van der Waals surface area contributed by atoms with Crippen LogP contribution >= 0.6 is 0 Å². The molecule has 3 nitrogen and oxygen atoms in total. The minimum Gasteiger partial charge on any atom is -0.481 e. The molecule has 13 heavy (non-hydrogen) atoms. The van der Waals surface area contributed by atoms with E-state index in [4.69, 9.17) is 5.11 Å². The molecular formula is C10H13NO2. The highest BCUT2D eigenvalue weighted by Gasteiger charge is 2.24. The van der Waals surface area contributed by atoms with Gasteiger partial charge in [-0.15, -0.1) is 0 Å². The highest BCUT2D eigenvalue weighted by atomic mass is 16.4. The third-order valence-corrected chi connectivity index (χ3v) is 2.74. The molecule has 0 saturated heterocycles. The van der Waals surface area contributed by atoms with Crippen molar-refractivity contribution in [1.29, 1.82) is 0 Å². The van der Waals surface area contributed by atoms with Crippen molar-refractivity contribution < 1.29 is 9.90 Å². The maximum atomic E-state index is 10.7. The first-order valence-electron chi connectivity index (χ1n) is 4.75. The van der Waals surface area contributed by atoms with Crippen LogP contribution in [0.5, 0.6) is 0 Å². The second-order valence-electron chi connectivity index (χ2n) is 3.68. The fourth-order valence-electron chi connectivity index (χ4n) is 1.98. The standard InChI is InChI=1S/C10H13NO2/c12-10(13)8-5-7-3-1-2-4-9(7)11-6-8/h6,8H,1-5H2,(H,12,13). The highest BCUT2D eigenvalue weighted by Crippen LogP contribution is 2.32. The van der Waals surface area contributed by atoms with Gasteiger partial charge in [0.15, 0.2) is 0 Å². The molecule has 0 aromatic heterocycles. The van der Waals surface area contributed by atoms with Crippen LogP contribution in [0.4, 0.5) is 0 Å². The van der Waals surface area contributed by atoms with Gasteiger partial charge in [-0.25, -0.2) is 0 Å². The Kier molecular flexibility index (Phi) is 2.17. The molecule has 0 radical (unpaired) electrons. The van der Waals surface area contributed by atoms with Crippen LogP contribution in [-0.2, 0) is 4.79 Å². The summed E-state index contributed by atoms with van der Waals surface area (Å²) in [6, 6.07) is 0. The third-order valence-electron chi connectivity index (χ3n) is 2.74. The maximum absolute atomic E-state index is 10.7. The zero-order valence-corrected chi connectivity index (χ0v) is 7.49. The number of allylic oxidation sites excluding steroid dienone is 2. The number of nitrogens with zero attached hydrogens (tertiary/aromatic N) is 1. The zero-order chi connectivity index (χ0) is 9.26. The summed E-state index contributed by atoms with van der Waals surface area (Å²) in [6.07, 6.45) is 6.77. The molecule has 0 bridgehead atoms. The molecule has 0 amide bonds. The summed E-state index contributed by atoms with van der Waals surface area (Å²) >= 11 is 0. The summed E-state index contributed by atoms with van der Waals surface area (Å²) in [4.78, 5) is 14.9. The molecule has 1 aliphatic carbocycles. The molecule has 2 aliphatic rings. The number of carbonyl (C=O) groups is 1.